The maximum Gasteiger partial charge on any atom is 0.330 e. The Bertz CT molecular complexity index is 470. The van der Waals surface area contributed by atoms with Crippen LogP contribution in [0.15, 0.2) is 12.2 Å². The molecule has 0 aromatic carbocycles. The van der Waals surface area contributed by atoms with Gasteiger partial charge in [0.05, 0.1) is 6.61 Å². The lowest BCUT2D eigenvalue weighted by atomic mass is 10.0. The van der Waals surface area contributed by atoms with Crippen LogP contribution in [-0.4, -0.2) is 12.6 Å². The van der Waals surface area contributed by atoms with Gasteiger partial charge in [0.2, 0.25) is 0 Å². The molecule has 0 saturated heterocycles. The van der Waals surface area contributed by atoms with Gasteiger partial charge < -0.3 is 4.74 Å². The van der Waals surface area contributed by atoms with E-state index in [-0.39, 0.29) is 5.97 Å². The van der Waals surface area contributed by atoms with E-state index < -0.39 is 0 Å². The van der Waals surface area contributed by atoms with Crippen molar-refractivity contribution in [3.63, 3.8) is 0 Å². The fourth-order valence-electron chi connectivity index (χ4n) is 5.33. The van der Waals surface area contributed by atoms with E-state index in [9.17, 15) is 4.79 Å². The van der Waals surface area contributed by atoms with Crippen molar-refractivity contribution in [1.29, 1.82) is 0 Å². The largest absolute Gasteiger partial charge is 0.463 e. The summed E-state index contributed by atoms with van der Waals surface area (Å²) in [5.41, 5.74) is 0. The highest BCUT2D eigenvalue weighted by Crippen LogP contribution is 2.15. The smallest absolute Gasteiger partial charge is 0.330 e. The molecule has 0 aromatic heterocycles. The summed E-state index contributed by atoms with van der Waals surface area (Å²) in [6, 6.07) is 0. The number of carbonyl (C=O) groups is 1. The summed E-state index contributed by atoms with van der Waals surface area (Å²) in [7, 11) is 0. The molecule has 0 saturated carbocycles. The van der Waals surface area contributed by atoms with Gasteiger partial charge in [0.15, 0.2) is 0 Å². The zero-order valence-electron chi connectivity index (χ0n) is 26.4. The van der Waals surface area contributed by atoms with Gasteiger partial charge in [0.25, 0.3) is 0 Å². The molecule has 0 bridgehead atoms. The Morgan fingerprint density at radius 1 is 0.421 bits per heavy atom. The van der Waals surface area contributed by atoms with E-state index in [1.807, 2.05) is 6.08 Å². The molecule has 0 amide bonds. The van der Waals surface area contributed by atoms with E-state index in [4.69, 9.17) is 4.74 Å². The Morgan fingerprint density at radius 3 is 1.05 bits per heavy atom. The summed E-state index contributed by atoms with van der Waals surface area (Å²) in [6.45, 7) is 5.16. The average Bonchev–Trinajstić information content (AvgIpc) is 2.92. The number of hydrogen-bond acceptors (Lipinski definition) is 2. The van der Waals surface area contributed by atoms with Gasteiger partial charge >= 0.3 is 5.97 Å². The molecule has 0 aliphatic carbocycles. The second-order valence-electron chi connectivity index (χ2n) is 11.9. The molecular weight excluding hydrogens is 464 g/mol. The van der Waals surface area contributed by atoms with Crippen molar-refractivity contribution >= 4 is 5.97 Å². The molecule has 0 spiro atoms. The second kappa shape index (κ2) is 34.2. The van der Waals surface area contributed by atoms with Crippen LogP contribution in [0.25, 0.3) is 0 Å². The summed E-state index contributed by atoms with van der Waals surface area (Å²) < 4.78 is 5.35. The van der Waals surface area contributed by atoms with E-state index >= 15 is 0 Å². The average molecular weight is 535 g/mol. The zero-order valence-corrected chi connectivity index (χ0v) is 26.4. The SMILES string of the molecule is CCCCCCCCCCCCCC=CC(=O)OCCCCCCCCCCCCCCCCCCCC. The van der Waals surface area contributed by atoms with Crippen LogP contribution < -0.4 is 0 Å². The maximum atomic E-state index is 11.8. The Hall–Kier alpha value is -0.790. The first-order valence-electron chi connectivity index (χ1n) is 17.6. The van der Waals surface area contributed by atoms with Crippen LogP contribution in [0.1, 0.15) is 206 Å². The summed E-state index contributed by atoms with van der Waals surface area (Å²) in [4.78, 5) is 11.8. The van der Waals surface area contributed by atoms with E-state index in [0.29, 0.717) is 6.61 Å². The Morgan fingerprint density at radius 2 is 0.711 bits per heavy atom. The summed E-state index contributed by atoms with van der Waals surface area (Å²) in [6.07, 6.45) is 44.5. The molecule has 0 aromatic rings. The molecule has 0 aliphatic rings. The fraction of sp³-hybridized carbons (Fsp3) is 0.917. The third-order valence-corrected chi connectivity index (χ3v) is 7.97. The second-order valence-corrected chi connectivity index (χ2v) is 11.9. The normalized spacial score (nSPS) is 11.5. The number of ether oxygens (including phenoxy) is 1. The van der Waals surface area contributed by atoms with Crippen LogP contribution >= 0.6 is 0 Å². The minimum atomic E-state index is -0.153. The summed E-state index contributed by atoms with van der Waals surface area (Å²) >= 11 is 0. The Kier molecular flexibility index (Phi) is 33.5. The van der Waals surface area contributed by atoms with E-state index in [1.54, 1.807) is 6.08 Å². The molecule has 0 unspecified atom stereocenters. The number of unbranched alkanes of at least 4 members (excludes halogenated alkanes) is 28. The highest BCUT2D eigenvalue weighted by molar-refractivity contribution is 5.81. The van der Waals surface area contributed by atoms with Gasteiger partial charge in [-0.25, -0.2) is 4.79 Å². The molecule has 38 heavy (non-hydrogen) atoms. The van der Waals surface area contributed by atoms with Crippen LogP contribution in [0.3, 0.4) is 0 Å². The van der Waals surface area contributed by atoms with Gasteiger partial charge in [-0.1, -0.05) is 193 Å². The zero-order chi connectivity index (χ0) is 27.6. The monoisotopic (exact) mass is 535 g/mol. The molecule has 2 heteroatoms. The van der Waals surface area contributed by atoms with Gasteiger partial charge in [-0.2, -0.15) is 0 Å². The van der Waals surface area contributed by atoms with Crippen molar-refractivity contribution in [2.75, 3.05) is 6.61 Å². The number of carbonyl (C=O) groups excluding carboxylic acids is 1. The van der Waals surface area contributed by atoms with Crippen molar-refractivity contribution in [2.45, 2.75) is 206 Å². The van der Waals surface area contributed by atoms with Gasteiger partial charge in [-0.05, 0) is 19.3 Å². The predicted octanol–water partition coefficient (Wildman–Crippen LogP) is 12.8. The first-order chi connectivity index (χ1) is 18.8. The maximum absolute atomic E-state index is 11.8. The molecule has 0 aliphatic heterocycles. The van der Waals surface area contributed by atoms with E-state index in [1.165, 1.54) is 180 Å². The van der Waals surface area contributed by atoms with Crippen LogP contribution in [0.5, 0.6) is 0 Å². The molecule has 0 N–H and O–H groups in total. The van der Waals surface area contributed by atoms with Gasteiger partial charge in [-0.15, -0.1) is 0 Å². The predicted molar refractivity (Wildman–Crippen MR) is 170 cm³/mol. The topological polar surface area (TPSA) is 26.3 Å². The van der Waals surface area contributed by atoms with Crippen molar-refractivity contribution < 1.29 is 9.53 Å². The van der Waals surface area contributed by atoms with Crippen LogP contribution in [0.4, 0.5) is 0 Å². The quantitative estimate of drug-likeness (QED) is 0.0487. The number of allylic oxidation sites excluding steroid dienone is 1. The number of hydrogen-bond donors (Lipinski definition) is 0. The van der Waals surface area contributed by atoms with E-state index in [2.05, 4.69) is 13.8 Å². The number of rotatable bonds is 32. The van der Waals surface area contributed by atoms with Crippen molar-refractivity contribution in [3.8, 4) is 0 Å². The molecule has 0 heterocycles. The molecule has 0 radical (unpaired) electrons. The molecule has 0 atom stereocenters. The van der Waals surface area contributed by atoms with Crippen LogP contribution in [0.2, 0.25) is 0 Å². The lowest BCUT2D eigenvalue weighted by Crippen LogP contribution is -2.02. The molecule has 2 nitrogen and oxygen atoms in total. The lowest BCUT2D eigenvalue weighted by Gasteiger charge is -2.04. The fourth-order valence-corrected chi connectivity index (χ4v) is 5.33. The molecule has 0 fully saturated rings. The van der Waals surface area contributed by atoms with E-state index in [0.717, 1.165) is 12.8 Å². The highest BCUT2D eigenvalue weighted by atomic mass is 16.5. The van der Waals surface area contributed by atoms with Gasteiger partial charge in [0.1, 0.15) is 0 Å². The third kappa shape index (κ3) is 33.2. The number of esters is 1. The van der Waals surface area contributed by atoms with Gasteiger partial charge in [-0.3, -0.25) is 0 Å². The van der Waals surface area contributed by atoms with Crippen LogP contribution in [-0.2, 0) is 9.53 Å². The minimum Gasteiger partial charge on any atom is -0.463 e. The minimum absolute atomic E-state index is 0.153. The molecule has 226 valence electrons. The first kappa shape index (κ1) is 37.2. The van der Waals surface area contributed by atoms with Crippen molar-refractivity contribution in [1.82, 2.24) is 0 Å². The van der Waals surface area contributed by atoms with Crippen molar-refractivity contribution in [3.05, 3.63) is 12.2 Å². The molecule has 0 rings (SSSR count). The lowest BCUT2D eigenvalue weighted by molar-refractivity contribution is -0.137. The standard InChI is InChI=1S/C36H70O2/c1-3-5-7-9-11-13-15-17-18-19-20-21-23-25-27-29-31-33-35-38-36(37)34-32-30-28-26-24-22-16-14-12-10-8-6-4-2/h32,34H,3-31,33,35H2,1-2H3. The first-order valence-corrected chi connectivity index (χ1v) is 17.6. The molecular formula is C36H70O2. The summed E-state index contributed by atoms with van der Waals surface area (Å²) in [5, 5.41) is 0. The summed E-state index contributed by atoms with van der Waals surface area (Å²) in [5.74, 6) is -0.153. The highest BCUT2D eigenvalue weighted by Gasteiger charge is 1.98. The van der Waals surface area contributed by atoms with Gasteiger partial charge in [0, 0.05) is 6.08 Å². The van der Waals surface area contributed by atoms with Crippen LogP contribution in [0, 0.1) is 0 Å². The Labute approximate surface area is 240 Å². The van der Waals surface area contributed by atoms with Crippen molar-refractivity contribution in [2.24, 2.45) is 0 Å². The third-order valence-electron chi connectivity index (χ3n) is 7.97. The Balaban J connectivity index is 3.20.